The highest BCUT2D eigenvalue weighted by atomic mass is 19.4. The van der Waals surface area contributed by atoms with E-state index in [1.54, 1.807) is 16.8 Å². The van der Waals surface area contributed by atoms with E-state index in [-0.39, 0.29) is 17.7 Å². The molecule has 4 rings (SSSR count). The number of halogens is 6. The summed E-state index contributed by atoms with van der Waals surface area (Å²) in [5, 5.41) is 10.9. The van der Waals surface area contributed by atoms with Crippen molar-refractivity contribution in [2.45, 2.75) is 51.2 Å². The van der Waals surface area contributed by atoms with Gasteiger partial charge in [-0.05, 0) is 48.5 Å². The van der Waals surface area contributed by atoms with E-state index in [4.69, 9.17) is 14.6 Å². The molecule has 1 saturated heterocycles. The molecule has 0 saturated carbocycles. The Bertz CT molecular complexity index is 1320. The summed E-state index contributed by atoms with van der Waals surface area (Å²) in [4.78, 5) is 25.7. The Morgan fingerprint density at radius 1 is 1.24 bits per heavy atom. The van der Waals surface area contributed by atoms with Gasteiger partial charge in [-0.25, -0.2) is 18.0 Å². The molecule has 1 aromatic carbocycles. The van der Waals surface area contributed by atoms with Crippen LogP contribution in [0.25, 0.3) is 21.9 Å². The minimum atomic E-state index is -5.08. The number of carboxylic acid groups (broad SMARTS) is 1. The third-order valence-electron chi connectivity index (χ3n) is 5.81. The lowest BCUT2D eigenvalue weighted by atomic mass is 10.0. The van der Waals surface area contributed by atoms with Gasteiger partial charge in [0.05, 0.1) is 5.39 Å². The van der Waals surface area contributed by atoms with Crippen molar-refractivity contribution in [3.05, 3.63) is 58.8 Å². The fourth-order valence-electron chi connectivity index (χ4n) is 3.87. The highest BCUT2D eigenvalue weighted by Crippen LogP contribution is 2.33. The first-order chi connectivity index (χ1) is 17.9. The molecule has 2 aromatic heterocycles. The van der Waals surface area contributed by atoms with Gasteiger partial charge in [0.2, 0.25) is 0 Å². The van der Waals surface area contributed by atoms with E-state index in [1.807, 2.05) is 6.92 Å². The number of nitrogens with one attached hydrogen (secondary N) is 1. The number of carbonyl (C=O) groups is 1. The summed E-state index contributed by atoms with van der Waals surface area (Å²) in [5.74, 6) is -5.15. The van der Waals surface area contributed by atoms with Gasteiger partial charge in [-0.2, -0.15) is 13.2 Å². The van der Waals surface area contributed by atoms with Gasteiger partial charge in [-0.3, -0.25) is 9.78 Å². The molecule has 1 fully saturated rings. The molecule has 3 heterocycles. The maximum Gasteiger partial charge on any atom is 0.490 e. The Hall–Kier alpha value is -3.61. The molecule has 0 bridgehead atoms. The van der Waals surface area contributed by atoms with Gasteiger partial charge in [0.15, 0.2) is 17.4 Å². The molecule has 0 radical (unpaired) electrons. The largest absolute Gasteiger partial charge is 0.490 e. The van der Waals surface area contributed by atoms with Crippen LogP contribution in [0.5, 0.6) is 5.75 Å². The second-order valence-electron chi connectivity index (χ2n) is 8.55. The number of unbranched alkanes of at least 4 members (excludes halogenated alkanes) is 1. The third-order valence-corrected chi connectivity index (χ3v) is 5.81. The number of alkyl halides is 4. The number of benzene rings is 1. The van der Waals surface area contributed by atoms with E-state index in [9.17, 15) is 31.1 Å². The van der Waals surface area contributed by atoms with Crippen LogP contribution in [-0.2, 0) is 11.3 Å². The predicted octanol–water partition coefficient (Wildman–Crippen LogP) is 4.85. The standard InChI is InChI=1S/C23H24F3N3O2.C2HF3O2/c1-2-3-8-29-13-17(15-4-6-27-11-16(15)23(29)30)14-9-18(24)22(19(25)10-14)31-21-5-7-28-12-20(21)26;3-2(4,5)1(6)7/h4,6,9-11,13,20-21,28H,2-3,5,7-8,12H2,1H3;(H,6,7)/t20-,21-;/m1./s1. The first-order valence-corrected chi connectivity index (χ1v) is 11.7. The molecule has 2 atom stereocenters. The van der Waals surface area contributed by atoms with Crippen LogP contribution < -0.4 is 15.6 Å². The van der Waals surface area contributed by atoms with Crippen LogP contribution in [0.3, 0.4) is 0 Å². The van der Waals surface area contributed by atoms with Crippen LogP contribution in [0.15, 0.2) is 41.6 Å². The molecular weight excluding hydrogens is 520 g/mol. The van der Waals surface area contributed by atoms with Crippen molar-refractivity contribution in [1.82, 2.24) is 14.9 Å². The Balaban J connectivity index is 0.000000505. The monoisotopic (exact) mass is 545 g/mol. The number of nitrogens with zero attached hydrogens (tertiary/aromatic N) is 2. The fourth-order valence-corrected chi connectivity index (χ4v) is 3.87. The van der Waals surface area contributed by atoms with Gasteiger partial charge >= 0.3 is 12.1 Å². The van der Waals surface area contributed by atoms with Crippen LogP contribution in [0.1, 0.15) is 26.2 Å². The van der Waals surface area contributed by atoms with E-state index in [1.165, 1.54) is 12.4 Å². The quantitative estimate of drug-likeness (QED) is 0.430. The van der Waals surface area contributed by atoms with Crippen molar-refractivity contribution < 1.29 is 41.0 Å². The predicted molar refractivity (Wildman–Crippen MR) is 127 cm³/mol. The average molecular weight is 545 g/mol. The van der Waals surface area contributed by atoms with E-state index >= 15 is 0 Å². The van der Waals surface area contributed by atoms with Gasteiger partial charge in [0.25, 0.3) is 5.56 Å². The summed E-state index contributed by atoms with van der Waals surface area (Å²) in [5.41, 5.74) is 0.592. The first kappa shape index (κ1) is 29.0. The Labute approximate surface area is 213 Å². The van der Waals surface area contributed by atoms with Gasteiger partial charge < -0.3 is 19.7 Å². The molecule has 3 aromatic rings. The molecule has 0 amide bonds. The molecular formula is C25H25F6N3O4. The number of rotatable bonds is 6. The number of piperidine rings is 1. The molecule has 206 valence electrons. The number of hydrogen-bond donors (Lipinski definition) is 2. The lowest BCUT2D eigenvalue weighted by Crippen LogP contribution is -2.44. The molecule has 2 N–H and O–H groups in total. The van der Waals surface area contributed by atoms with Gasteiger partial charge in [0.1, 0.15) is 12.3 Å². The number of fused-ring (bicyclic) bond motifs is 1. The van der Waals surface area contributed by atoms with Gasteiger partial charge in [-0.1, -0.05) is 13.3 Å². The Morgan fingerprint density at radius 3 is 2.47 bits per heavy atom. The highest BCUT2D eigenvalue weighted by molar-refractivity contribution is 5.95. The molecule has 0 aliphatic carbocycles. The maximum atomic E-state index is 14.9. The molecule has 1 aliphatic rings. The number of aliphatic carboxylic acids is 1. The van der Waals surface area contributed by atoms with Crippen molar-refractivity contribution in [1.29, 1.82) is 0 Å². The van der Waals surface area contributed by atoms with E-state index in [0.29, 0.717) is 35.8 Å². The summed E-state index contributed by atoms with van der Waals surface area (Å²) in [6.07, 6.45) is -0.696. The van der Waals surface area contributed by atoms with E-state index < -0.39 is 41.8 Å². The fraction of sp³-hybridized carbons (Fsp3) is 0.400. The second kappa shape index (κ2) is 12.3. The van der Waals surface area contributed by atoms with Crippen molar-refractivity contribution in [3.63, 3.8) is 0 Å². The van der Waals surface area contributed by atoms with Crippen molar-refractivity contribution in [2.75, 3.05) is 13.1 Å². The first-order valence-electron chi connectivity index (χ1n) is 11.7. The van der Waals surface area contributed by atoms with Crippen LogP contribution >= 0.6 is 0 Å². The Morgan fingerprint density at radius 2 is 1.89 bits per heavy atom. The lowest BCUT2D eigenvalue weighted by Gasteiger charge is -2.27. The minimum absolute atomic E-state index is 0.0886. The van der Waals surface area contributed by atoms with Crippen molar-refractivity contribution in [3.8, 4) is 16.9 Å². The number of aryl methyl sites for hydroxylation is 1. The molecule has 0 unspecified atom stereocenters. The van der Waals surface area contributed by atoms with Gasteiger partial charge in [0, 0.05) is 37.2 Å². The summed E-state index contributed by atoms with van der Waals surface area (Å²) in [6.45, 7) is 3.12. The summed E-state index contributed by atoms with van der Waals surface area (Å²) >= 11 is 0. The Kier molecular flexibility index (Phi) is 9.36. The maximum absolute atomic E-state index is 14.9. The smallest absolute Gasteiger partial charge is 0.481 e. The van der Waals surface area contributed by atoms with Crippen LogP contribution in [0.2, 0.25) is 0 Å². The van der Waals surface area contributed by atoms with Crippen LogP contribution in [0, 0.1) is 11.6 Å². The number of pyridine rings is 2. The summed E-state index contributed by atoms with van der Waals surface area (Å²) in [6, 6.07) is 3.98. The van der Waals surface area contributed by atoms with Crippen LogP contribution in [-0.4, -0.2) is 52.2 Å². The number of carboxylic acids is 1. The second-order valence-corrected chi connectivity index (χ2v) is 8.55. The molecule has 1 aliphatic heterocycles. The van der Waals surface area contributed by atoms with Crippen LogP contribution in [0.4, 0.5) is 26.3 Å². The van der Waals surface area contributed by atoms with Crippen molar-refractivity contribution >= 4 is 16.7 Å². The number of hydrogen-bond acceptors (Lipinski definition) is 5. The molecule has 7 nitrogen and oxygen atoms in total. The lowest BCUT2D eigenvalue weighted by molar-refractivity contribution is -0.192. The minimum Gasteiger partial charge on any atom is -0.481 e. The average Bonchev–Trinajstić information content (AvgIpc) is 2.86. The van der Waals surface area contributed by atoms with Gasteiger partial charge in [-0.15, -0.1) is 0 Å². The van der Waals surface area contributed by atoms with E-state index in [0.717, 1.165) is 25.0 Å². The highest BCUT2D eigenvalue weighted by Gasteiger charge is 2.38. The van der Waals surface area contributed by atoms with Crippen molar-refractivity contribution in [2.24, 2.45) is 0 Å². The third kappa shape index (κ3) is 6.82. The SMILES string of the molecule is CCCCn1cc(-c2cc(F)c(O[C@@H]3CCNC[C@H]3F)c(F)c2)c2ccncc2c1=O.O=C(O)C(F)(F)F. The zero-order chi connectivity index (χ0) is 28.0. The molecule has 0 spiro atoms. The topological polar surface area (TPSA) is 93.5 Å². The number of ether oxygens (including phenoxy) is 1. The molecule has 13 heteroatoms. The molecule has 38 heavy (non-hydrogen) atoms. The normalized spacial score (nSPS) is 17.6. The zero-order valence-corrected chi connectivity index (χ0v) is 20.2. The zero-order valence-electron chi connectivity index (χ0n) is 20.2. The number of aromatic nitrogens is 2. The summed E-state index contributed by atoms with van der Waals surface area (Å²) < 4.78 is 82.4. The summed E-state index contributed by atoms with van der Waals surface area (Å²) in [7, 11) is 0. The van der Waals surface area contributed by atoms with E-state index in [2.05, 4.69) is 10.3 Å².